The Hall–Kier alpha value is -4.06. The molecule has 6 nitrogen and oxygen atoms in total. The van der Waals surface area contributed by atoms with Gasteiger partial charge in [-0.3, -0.25) is 0 Å². The lowest BCUT2D eigenvalue weighted by molar-refractivity contribution is -0.139. The van der Waals surface area contributed by atoms with Crippen LogP contribution in [0.1, 0.15) is 12.0 Å². The Kier molecular flexibility index (Phi) is 7.83. The lowest BCUT2D eigenvalue weighted by atomic mass is 10.2. The molecule has 0 radical (unpaired) electrons. The fraction of sp³-hybridized carbons (Fsp3) is 0.120. The molecule has 0 spiro atoms. The van der Waals surface area contributed by atoms with Crippen LogP contribution in [0.5, 0.6) is 5.75 Å². The number of amides is 1. The summed E-state index contributed by atoms with van der Waals surface area (Å²) >= 11 is 0. The smallest absolute Gasteiger partial charge is 0.418 e. The van der Waals surface area contributed by atoms with Gasteiger partial charge in [0.15, 0.2) is 6.61 Å². The van der Waals surface area contributed by atoms with E-state index in [4.69, 9.17) is 14.6 Å². The number of carboxylic acids is 1. The van der Waals surface area contributed by atoms with Gasteiger partial charge in [0.2, 0.25) is 0 Å². The summed E-state index contributed by atoms with van der Waals surface area (Å²) in [6.45, 7) is -0.164. The van der Waals surface area contributed by atoms with Crippen molar-refractivity contribution in [3.63, 3.8) is 0 Å². The van der Waals surface area contributed by atoms with E-state index in [1.165, 1.54) is 4.90 Å². The summed E-state index contributed by atoms with van der Waals surface area (Å²) in [5, 5.41) is 8.69. The topological polar surface area (TPSA) is 76.1 Å². The maximum atomic E-state index is 12.8. The molecule has 0 heterocycles. The molecule has 0 unspecified atom stereocenters. The molecule has 0 aromatic heterocycles. The molecule has 0 fully saturated rings. The summed E-state index contributed by atoms with van der Waals surface area (Å²) in [6.07, 6.45) is 3.84. The SMILES string of the molecule is O=C(O)COc1cccc(/C=C/CCOC(=O)N(c2ccccc2)c2ccccc2)c1. The molecular weight excluding hydrogens is 394 g/mol. The summed E-state index contributed by atoms with van der Waals surface area (Å²) in [7, 11) is 0. The van der Waals surface area contributed by atoms with Gasteiger partial charge in [-0.2, -0.15) is 0 Å². The summed E-state index contributed by atoms with van der Waals surface area (Å²) < 4.78 is 10.7. The number of anilines is 2. The van der Waals surface area contributed by atoms with Crippen molar-refractivity contribution >= 4 is 29.5 Å². The normalized spacial score (nSPS) is 10.6. The molecule has 3 aromatic carbocycles. The Labute approximate surface area is 181 Å². The average Bonchev–Trinajstić information content (AvgIpc) is 2.79. The molecule has 3 aromatic rings. The second kappa shape index (κ2) is 11.2. The zero-order valence-corrected chi connectivity index (χ0v) is 16.9. The number of benzene rings is 3. The second-order valence-corrected chi connectivity index (χ2v) is 6.57. The monoisotopic (exact) mass is 417 g/mol. The molecule has 0 atom stereocenters. The molecule has 0 aliphatic rings. The number of nitrogens with zero attached hydrogens (tertiary/aromatic N) is 1. The fourth-order valence-corrected chi connectivity index (χ4v) is 2.87. The van der Waals surface area contributed by atoms with Gasteiger partial charge < -0.3 is 14.6 Å². The molecule has 0 bridgehead atoms. The van der Waals surface area contributed by atoms with Crippen molar-refractivity contribution in [1.82, 2.24) is 0 Å². The molecular formula is C25H23NO5. The number of para-hydroxylation sites is 2. The number of hydrogen-bond donors (Lipinski definition) is 1. The maximum absolute atomic E-state index is 12.8. The van der Waals surface area contributed by atoms with E-state index >= 15 is 0 Å². The Morgan fingerprint density at radius 3 is 2.13 bits per heavy atom. The van der Waals surface area contributed by atoms with Crippen molar-refractivity contribution in [2.75, 3.05) is 18.1 Å². The van der Waals surface area contributed by atoms with Crippen molar-refractivity contribution in [3.8, 4) is 5.75 Å². The van der Waals surface area contributed by atoms with Gasteiger partial charge in [-0.25, -0.2) is 14.5 Å². The van der Waals surface area contributed by atoms with E-state index in [1.807, 2.05) is 78.9 Å². The summed E-state index contributed by atoms with van der Waals surface area (Å²) in [5.41, 5.74) is 2.32. The van der Waals surface area contributed by atoms with Gasteiger partial charge in [-0.05, 0) is 48.4 Å². The highest BCUT2D eigenvalue weighted by atomic mass is 16.6. The van der Waals surface area contributed by atoms with E-state index in [0.29, 0.717) is 12.2 Å². The highest BCUT2D eigenvalue weighted by Crippen LogP contribution is 2.25. The molecule has 1 N–H and O–H groups in total. The van der Waals surface area contributed by atoms with Crippen molar-refractivity contribution in [2.45, 2.75) is 6.42 Å². The van der Waals surface area contributed by atoms with Crippen LogP contribution in [-0.2, 0) is 9.53 Å². The van der Waals surface area contributed by atoms with Gasteiger partial charge in [-0.1, -0.05) is 60.7 Å². The first-order chi connectivity index (χ1) is 15.1. The van der Waals surface area contributed by atoms with Gasteiger partial charge in [0, 0.05) is 0 Å². The summed E-state index contributed by atoms with van der Waals surface area (Å²) in [5.74, 6) is -0.542. The molecule has 0 aliphatic heterocycles. The number of rotatable bonds is 9. The van der Waals surface area contributed by atoms with Crippen LogP contribution in [0.3, 0.4) is 0 Å². The van der Waals surface area contributed by atoms with Crippen molar-refractivity contribution in [3.05, 3.63) is 96.6 Å². The van der Waals surface area contributed by atoms with Crippen LogP contribution < -0.4 is 9.64 Å². The first kappa shape index (κ1) is 21.6. The van der Waals surface area contributed by atoms with E-state index < -0.39 is 12.1 Å². The number of ether oxygens (including phenoxy) is 2. The van der Waals surface area contributed by atoms with Gasteiger partial charge >= 0.3 is 12.1 Å². The molecule has 1 amide bonds. The quantitative estimate of drug-likeness (QED) is 0.464. The van der Waals surface area contributed by atoms with Crippen molar-refractivity contribution < 1.29 is 24.2 Å². The van der Waals surface area contributed by atoms with Crippen LogP contribution >= 0.6 is 0 Å². The molecule has 31 heavy (non-hydrogen) atoms. The van der Waals surface area contributed by atoms with Crippen LogP contribution in [0.15, 0.2) is 91.0 Å². The van der Waals surface area contributed by atoms with Crippen LogP contribution in [0.4, 0.5) is 16.2 Å². The van der Waals surface area contributed by atoms with Crippen molar-refractivity contribution in [1.29, 1.82) is 0 Å². The standard InChI is InChI=1S/C25H23NO5/c27-24(28)19-31-23-16-9-11-20(18-23)10-7-8-17-30-25(29)26(21-12-3-1-4-13-21)22-14-5-2-6-15-22/h1-7,9-16,18H,8,17,19H2,(H,27,28)/b10-7+. The van der Waals surface area contributed by atoms with E-state index in [1.54, 1.807) is 18.2 Å². The molecule has 0 saturated heterocycles. The Bertz CT molecular complexity index is 979. The first-order valence-electron chi connectivity index (χ1n) is 9.81. The number of carboxylic acid groups (broad SMARTS) is 1. The molecule has 158 valence electrons. The van der Waals surface area contributed by atoms with Crippen molar-refractivity contribution in [2.24, 2.45) is 0 Å². The lowest BCUT2D eigenvalue weighted by Gasteiger charge is -2.22. The highest BCUT2D eigenvalue weighted by molar-refractivity contribution is 5.95. The van der Waals surface area contributed by atoms with Gasteiger partial charge in [0.25, 0.3) is 0 Å². The zero-order valence-electron chi connectivity index (χ0n) is 16.9. The Morgan fingerprint density at radius 1 is 0.871 bits per heavy atom. The predicted octanol–water partition coefficient (Wildman–Crippen LogP) is 5.53. The minimum absolute atomic E-state index is 0.223. The third kappa shape index (κ3) is 6.75. The van der Waals surface area contributed by atoms with Crippen LogP contribution in [0, 0.1) is 0 Å². The Morgan fingerprint density at radius 2 is 1.52 bits per heavy atom. The van der Waals surface area contributed by atoms with Crippen LogP contribution in [0.25, 0.3) is 6.08 Å². The number of carbonyl (C=O) groups is 2. The number of carbonyl (C=O) groups excluding carboxylic acids is 1. The van der Waals surface area contributed by atoms with E-state index in [-0.39, 0.29) is 13.2 Å². The third-order valence-corrected chi connectivity index (χ3v) is 4.25. The number of aliphatic carboxylic acids is 1. The van der Waals surface area contributed by atoms with Crippen LogP contribution in [-0.4, -0.2) is 30.4 Å². The van der Waals surface area contributed by atoms with E-state index in [0.717, 1.165) is 16.9 Å². The Balaban J connectivity index is 1.56. The molecule has 0 aliphatic carbocycles. The van der Waals surface area contributed by atoms with Gasteiger partial charge in [0.05, 0.1) is 18.0 Å². The van der Waals surface area contributed by atoms with E-state index in [9.17, 15) is 9.59 Å². The minimum atomic E-state index is -1.03. The van der Waals surface area contributed by atoms with Gasteiger partial charge in [-0.15, -0.1) is 0 Å². The third-order valence-electron chi connectivity index (χ3n) is 4.25. The van der Waals surface area contributed by atoms with Gasteiger partial charge in [0.1, 0.15) is 5.75 Å². The maximum Gasteiger partial charge on any atom is 0.418 e. The predicted molar refractivity (Wildman–Crippen MR) is 120 cm³/mol. The minimum Gasteiger partial charge on any atom is -0.482 e. The average molecular weight is 417 g/mol. The summed E-state index contributed by atoms with van der Waals surface area (Å²) in [4.78, 5) is 24.9. The van der Waals surface area contributed by atoms with E-state index in [2.05, 4.69) is 0 Å². The van der Waals surface area contributed by atoms with Crippen LogP contribution in [0.2, 0.25) is 0 Å². The molecule has 0 saturated carbocycles. The second-order valence-electron chi connectivity index (χ2n) is 6.57. The first-order valence-corrected chi connectivity index (χ1v) is 9.81. The fourth-order valence-electron chi connectivity index (χ4n) is 2.87. The lowest BCUT2D eigenvalue weighted by Crippen LogP contribution is -2.27. The summed E-state index contributed by atoms with van der Waals surface area (Å²) in [6, 6.07) is 25.8. The highest BCUT2D eigenvalue weighted by Gasteiger charge is 2.18. The zero-order chi connectivity index (χ0) is 21.9. The molecule has 3 rings (SSSR count). The molecule has 6 heteroatoms. The largest absolute Gasteiger partial charge is 0.482 e. The number of hydrogen-bond acceptors (Lipinski definition) is 4.